The topological polar surface area (TPSA) is 84.0 Å². The average Bonchev–Trinajstić information content (AvgIpc) is 2.82. The Morgan fingerprint density at radius 1 is 1.25 bits per heavy atom. The number of guanidine groups is 1. The monoisotopic (exact) mass is 353 g/mol. The Hall–Kier alpha value is -1.83. The van der Waals surface area contributed by atoms with Gasteiger partial charge >= 0.3 is 6.09 Å². The molecule has 2 heterocycles. The number of piperazine rings is 1. The maximum Gasteiger partial charge on any atom is 0.410 e. The van der Waals surface area contributed by atoms with Gasteiger partial charge in [-0.2, -0.15) is 0 Å². The molecule has 0 saturated carbocycles. The van der Waals surface area contributed by atoms with Gasteiger partial charge in [0.15, 0.2) is 5.96 Å². The van der Waals surface area contributed by atoms with Gasteiger partial charge in [0.2, 0.25) is 0 Å². The maximum absolute atomic E-state index is 12.1. The number of aryl methyl sites for hydroxylation is 2. The van der Waals surface area contributed by atoms with Crippen molar-refractivity contribution in [3.63, 3.8) is 0 Å². The quantitative estimate of drug-likeness (QED) is 0.650. The molecular weight excluding hydrogens is 326 g/mol. The van der Waals surface area contributed by atoms with Crippen LogP contribution in [0.2, 0.25) is 0 Å². The summed E-state index contributed by atoms with van der Waals surface area (Å²) in [7, 11) is 0. The second-order valence-electron chi connectivity index (χ2n) is 6.88. The molecule has 2 N–H and O–H groups in total. The number of nitrogens with zero attached hydrogens (tertiary/aromatic N) is 4. The number of amides is 1. The molecule has 0 aromatic carbocycles. The van der Waals surface area contributed by atoms with Crippen molar-refractivity contribution < 1.29 is 9.53 Å². The molecule has 1 aromatic rings. The van der Waals surface area contributed by atoms with Gasteiger partial charge < -0.3 is 20.3 Å². The van der Waals surface area contributed by atoms with Gasteiger partial charge in [0.25, 0.3) is 0 Å². The smallest absolute Gasteiger partial charge is 0.410 e. The third kappa shape index (κ3) is 5.09. The first-order chi connectivity index (χ1) is 11.2. The van der Waals surface area contributed by atoms with Gasteiger partial charge in [0.1, 0.15) is 10.6 Å². The van der Waals surface area contributed by atoms with Crippen molar-refractivity contribution in [2.45, 2.75) is 46.8 Å². The number of hydrogen-bond donors (Lipinski definition) is 1. The first-order valence-corrected chi connectivity index (χ1v) is 8.93. The Morgan fingerprint density at radius 3 is 2.33 bits per heavy atom. The summed E-state index contributed by atoms with van der Waals surface area (Å²) in [5.41, 5.74) is 6.66. The molecule has 1 fully saturated rings. The zero-order chi connectivity index (χ0) is 17.9. The van der Waals surface area contributed by atoms with Crippen molar-refractivity contribution in [3.05, 3.63) is 15.6 Å². The number of nitrogens with two attached hydrogens (primary N) is 1. The van der Waals surface area contributed by atoms with Crippen LogP contribution in [0, 0.1) is 13.8 Å². The fraction of sp³-hybridized carbons (Fsp3) is 0.688. The van der Waals surface area contributed by atoms with Crippen molar-refractivity contribution >= 4 is 23.4 Å². The third-order valence-corrected chi connectivity index (χ3v) is 4.76. The van der Waals surface area contributed by atoms with Gasteiger partial charge in [-0.05, 0) is 34.6 Å². The maximum atomic E-state index is 12.1. The molecule has 24 heavy (non-hydrogen) atoms. The second-order valence-corrected chi connectivity index (χ2v) is 8.17. The largest absolute Gasteiger partial charge is 0.444 e. The molecule has 0 unspecified atom stereocenters. The summed E-state index contributed by atoms with van der Waals surface area (Å²) < 4.78 is 5.39. The molecule has 7 nitrogen and oxygen atoms in total. The molecule has 0 aliphatic carbocycles. The van der Waals surface area contributed by atoms with E-state index < -0.39 is 5.60 Å². The summed E-state index contributed by atoms with van der Waals surface area (Å²) in [6.45, 7) is 12.6. The molecule has 0 radical (unpaired) electrons. The fourth-order valence-electron chi connectivity index (χ4n) is 2.30. The van der Waals surface area contributed by atoms with E-state index in [4.69, 9.17) is 10.5 Å². The summed E-state index contributed by atoms with van der Waals surface area (Å²) >= 11 is 1.65. The molecule has 8 heteroatoms. The number of ether oxygens (including phenoxy) is 1. The molecule has 134 valence electrons. The number of aromatic nitrogens is 1. The van der Waals surface area contributed by atoms with E-state index in [1.54, 1.807) is 16.2 Å². The predicted octanol–water partition coefficient (Wildman–Crippen LogP) is 2.13. The average molecular weight is 353 g/mol. The van der Waals surface area contributed by atoms with Crippen LogP contribution in [0.15, 0.2) is 4.99 Å². The molecule has 1 aromatic heterocycles. The summed E-state index contributed by atoms with van der Waals surface area (Å²) in [4.78, 5) is 25.9. The highest BCUT2D eigenvalue weighted by Crippen LogP contribution is 2.17. The van der Waals surface area contributed by atoms with E-state index in [0.29, 0.717) is 38.7 Å². The Bertz CT molecular complexity index is 593. The lowest BCUT2D eigenvalue weighted by molar-refractivity contribution is 0.0186. The Morgan fingerprint density at radius 2 is 1.83 bits per heavy atom. The molecule has 0 bridgehead atoms. The van der Waals surface area contributed by atoms with E-state index >= 15 is 0 Å². The molecule has 1 aliphatic heterocycles. The van der Waals surface area contributed by atoms with Crippen LogP contribution in [-0.4, -0.2) is 58.6 Å². The van der Waals surface area contributed by atoms with Crippen molar-refractivity contribution in [2.24, 2.45) is 10.7 Å². The van der Waals surface area contributed by atoms with Crippen molar-refractivity contribution in [2.75, 3.05) is 26.2 Å². The van der Waals surface area contributed by atoms with Gasteiger partial charge in [0.05, 0.1) is 12.2 Å². The van der Waals surface area contributed by atoms with Gasteiger partial charge in [-0.15, -0.1) is 11.3 Å². The standard InChI is InChI=1S/C16H27N5O2S/c1-11-12(2)24-13(19-11)10-18-14(17)20-6-8-21(9-7-20)15(22)23-16(3,4)5/h6-10H2,1-5H3,(H2,17,18). The number of carbonyl (C=O) groups is 1. The van der Waals surface area contributed by atoms with Crippen LogP contribution in [0.5, 0.6) is 0 Å². The second kappa shape index (κ2) is 7.38. The third-order valence-electron chi connectivity index (χ3n) is 3.70. The van der Waals surface area contributed by atoms with Crippen LogP contribution < -0.4 is 5.73 Å². The summed E-state index contributed by atoms with van der Waals surface area (Å²) in [5, 5.41) is 0.973. The van der Waals surface area contributed by atoms with E-state index in [9.17, 15) is 4.79 Å². The summed E-state index contributed by atoms with van der Waals surface area (Å²) in [5.74, 6) is 0.504. The highest BCUT2D eigenvalue weighted by atomic mass is 32.1. The molecule has 0 spiro atoms. The SMILES string of the molecule is Cc1nc(CN=C(N)N2CCN(C(=O)OC(C)(C)C)CC2)sc1C. The normalized spacial score (nSPS) is 16.5. The number of aliphatic imine (C=N–C) groups is 1. The zero-order valence-corrected chi connectivity index (χ0v) is 15.9. The van der Waals surface area contributed by atoms with Crippen LogP contribution in [-0.2, 0) is 11.3 Å². The molecule has 1 saturated heterocycles. The Labute approximate surface area is 147 Å². The van der Waals surface area contributed by atoms with E-state index in [1.807, 2.05) is 32.6 Å². The Balaban J connectivity index is 1.84. The molecular formula is C16H27N5O2S. The molecule has 1 aliphatic rings. The minimum atomic E-state index is -0.474. The lowest BCUT2D eigenvalue weighted by Crippen LogP contribution is -2.53. The van der Waals surface area contributed by atoms with Gasteiger partial charge in [-0.3, -0.25) is 0 Å². The van der Waals surface area contributed by atoms with Crippen LogP contribution in [0.3, 0.4) is 0 Å². The minimum absolute atomic E-state index is 0.272. The van der Waals surface area contributed by atoms with Gasteiger partial charge in [0, 0.05) is 31.1 Å². The van der Waals surface area contributed by atoms with Crippen LogP contribution in [0.25, 0.3) is 0 Å². The van der Waals surface area contributed by atoms with Crippen LogP contribution >= 0.6 is 11.3 Å². The first-order valence-electron chi connectivity index (χ1n) is 8.11. The lowest BCUT2D eigenvalue weighted by atomic mass is 10.2. The number of rotatable bonds is 2. The van der Waals surface area contributed by atoms with Crippen molar-refractivity contribution in [3.8, 4) is 0 Å². The van der Waals surface area contributed by atoms with E-state index in [1.165, 1.54) is 4.88 Å². The van der Waals surface area contributed by atoms with Gasteiger partial charge in [-0.1, -0.05) is 0 Å². The molecule has 2 rings (SSSR count). The van der Waals surface area contributed by atoms with E-state index in [0.717, 1.165) is 10.7 Å². The zero-order valence-electron chi connectivity index (χ0n) is 15.1. The van der Waals surface area contributed by atoms with Crippen molar-refractivity contribution in [1.29, 1.82) is 0 Å². The minimum Gasteiger partial charge on any atom is -0.444 e. The fourth-order valence-corrected chi connectivity index (χ4v) is 3.16. The number of thiazole rings is 1. The Kier molecular flexibility index (Phi) is 5.69. The summed E-state index contributed by atoms with van der Waals surface area (Å²) in [6.07, 6.45) is -0.272. The van der Waals surface area contributed by atoms with Crippen LogP contribution in [0.4, 0.5) is 4.79 Å². The summed E-state index contributed by atoms with van der Waals surface area (Å²) in [6, 6.07) is 0. The molecule has 1 amide bonds. The first kappa shape index (κ1) is 18.5. The van der Waals surface area contributed by atoms with E-state index in [-0.39, 0.29) is 6.09 Å². The lowest BCUT2D eigenvalue weighted by Gasteiger charge is -2.36. The van der Waals surface area contributed by atoms with Gasteiger partial charge in [-0.25, -0.2) is 14.8 Å². The van der Waals surface area contributed by atoms with E-state index in [2.05, 4.69) is 16.9 Å². The highest BCUT2D eigenvalue weighted by molar-refractivity contribution is 7.11. The predicted molar refractivity (Wildman–Crippen MR) is 96.3 cm³/mol. The number of carbonyl (C=O) groups excluding carboxylic acids is 1. The highest BCUT2D eigenvalue weighted by Gasteiger charge is 2.26. The number of hydrogen-bond acceptors (Lipinski definition) is 5. The van der Waals surface area contributed by atoms with Crippen molar-refractivity contribution in [1.82, 2.24) is 14.8 Å². The molecule has 0 atom stereocenters. The van der Waals surface area contributed by atoms with Crippen LogP contribution in [0.1, 0.15) is 36.3 Å².